The lowest BCUT2D eigenvalue weighted by Crippen LogP contribution is -2.16. The molecule has 18 heavy (non-hydrogen) atoms. The third kappa shape index (κ3) is 3.20. The summed E-state index contributed by atoms with van der Waals surface area (Å²) in [6.45, 7) is 5.25. The van der Waals surface area contributed by atoms with E-state index in [1.54, 1.807) is 11.3 Å². The Labute approximate surface area is 128 Å². The van der Waals surface area contributed by atoms with Gasteiger partial charge in [0.1, 0.15) is 5.01 Å². The fourth-order valence-electron chi connectivity index (χ4n) is 1.66. The monoisotopic (exact) mass is 388 g/mol. The second-order valence-electron chi connectivity index (χ2n) is 3.98. The maximum absolute atomic E-state index is 4.50. The summed E-state index contributed by atoms with van der Waals surface area (Å²) in [7, 11) is 0. The predicted octanol–water partition coefficient (Wildman–Crippen LogP) is 5.01. The summed E-state index contributed by atoms with van der Waals surface area (Å²) in [4.78, 5) is 5.77. The second-order valence-corrected chi connectivity index (χ2v) is 6.75. The Morgan fingerprint density at radius 1 is 1.33 bits per heavy atom. The van der Waals surface area contributed by atoms with Gasteiger partial charge in [0.05, 0.1) is 0 Å². The van der Waals surface area contributed by atoms with Crippen LogP contribution in [-0.4, -0.2) is 11.5 Å². The zero-order valence-corrected chi connectivity index (χ0v) is 14.2. The molecule has 1 heterocycles. The third-order valence-corrected chi connectivity index (χ3v) is 5.74. The minimum atomic E-state index is 0.361. The summed E-state index contributed by atoms with van der Waals surface area (Å²) < 4.78 is 2.11. The Hall–Kier alpha value is -0.230. The van der Waals surface area contributed by atoms with E-state index in [0.29, 0.717) is 6.04 Å². The number of nitrogens with one attached hydrogen (secondary N) is 1. The van der Waals surface area contributed by atoms with E-state index in [4.69, 9.17) is 0 Å². The average molecular weight is 390 g/mol. The van der Waals surface area contributed by atoms with Crippen molar-refractivity contribution in [1.29, 1.82) is 0 Å². The van der Waals surface area contributed by atoms with Gasteiger partial charge in [0, 0.05) is 31.6 Å². The number of hydrogen-bond acceptors (Lipinski definition) is 3. The van der Waals surface area contributed by atoms with E-state index in [0.717, 1.165) is 26.1 Å². The summed E-state index contributed by atoms with van der Waals surface area (Å²) in [6.07, 6.45) is 1.96. The number of benzene rings is 1. The Kier molecular flexibility index (Phi) is 4.95. The molecule has 0 radical (unpaired) electrons. The molecule has 0 aliphatic heterocycles. The Balaban J connectivity index is 2.26. The van der Waals surface area contributed by atoms with Crippen molar-refractivity contribution in [2.45, 2.75) is 19.9 Å². The van der Waals surface area contributed by atoms with Gasteiger partial charge >= 0.3 is 0 Å². The molecule has 2 nitrogen and oxygen atoms in total. The highest BCUT2D eigenvalue weighted by atomic mass is 79.9. The van der Waals surface area contributed by atoms with Gasteiger partial charge in [-0.05, 0) is 57.5 Å². The van der Waals surface area contributed by atoms with Gasteiger partial charge in [0.25, 0.3) is 0 Å². The molecule has 0 saturated carbocycles. The summed E-state index contributed by atoms with van der Waals surface area (Å²) in [5.74, 6) is 0. The molecular weight excluding hydrogens is 376 g/mol. The highest BCUT2D eigenvalue weighted by Crippen LogP contribution is 2.32. The molecule has 5 heteroatoms. The van der Waals surface area contributed by atoms with Gasteiger partial charge < -0.3 is 5.32 Å². The van der Waals surface area contributed by atoms with E-state index in [1.807, 2.05) is 12.3 Å². The molecule has 0 amide bonds. The fraction of sp³-hybridized carbons (Fsp3) is 0.308. The van der Waals surface area contributed by atoms with Crippen molar-refractivity contribution in [3.8, 4) is 10.6 Å². The normalized spacial score (nSPS) is 12.7. The maximum Gasteiger partial charge on any atom is 0.123 e. The van der Waals surface area contributed by atoms with Gasteiger partial charge in [0.15, 0.2) is 0 Å². The number of nitrogens with zero attached hydrogens (tertiary/aromatic N) is 1. The standard InChI is InChI=1S/C13H14Br2N2S/c1-3-16-8(2)12-7-17-13(18-12)9-4-5-10(14)11(15)6-9/h4-8,16H,3H2,1-2H3. The lowest BCUT2D eigenvalue weighted by atomic mass is 10.2. The SMILES string of the molecule is CCNC(C)c1cnc(-c2ccc(Br)c(Br)c2)s1. The molecule has 0 bridgehead atoms. The van der Waals surface area contributed by atoms with Gasteiger partial charge in [-0.15, -0.1) is 11.3 Å². The highest BCUT2D eigenvalue weighted by Gasteiger charge is 2.10. The fourth-order valence-corrected chi connectivity index (χ4v) is 3.22. The van der Waals surface area contributed by atoms with Crippen LogP contribution in [0.2, 0.25) is 0 Å². The van der Waals surface area contributed by atoms with Crippen LogP contribution in [0.5, 0.6) is 0 Å². The summed E-state index contributed by atoms with van der Waals surface area (Å²) in [6, 6.07) is 6.56. The van der Waals surface area contributed by atoms with E-state index < -0.39 is 0 Å². The molecule has 1 aromatic heterocycles. The van der Waals surface area contributed by atoms with Crippen LogP contribution in [0.3, 0.4) is 0 Å². The minimum absolute atomic E-state index is 0.361. The van der Waals surface area contributed by atoms with Crippen LogP contribution in [0.25, 0.3) is 10.6 Å². The first-order valence-corrected chi connectivity index (χ1v) is 8.16. The molecule has 0 spiro atoms. The molecule has 1 aromatic carbocycles. The molecule has 0 saturated heterocycles. The molecule has 1 N–H and O–H groups in total. The molecule has 2 aromatic rings. The molecule has 1 atom stereocenters. The van der Waals surface area contributed by atoms with Crippen LogP contribution in [0.1, 0.15) is 24.8 Å². The number of rotatable bonds is 4. The molecular formula is C13H14Br2N2S. The van der Waals surface area contributed by atoms with E-state index in [9.17, 15) is 0 Å². The first-order chi connectivity index (χ1) is 8.61. The Morgan fingerprint density at radius 2 is 2.11 bits per heavy atom. The van der Waals surface area contributed by atoms with E-state index in [-0.39, 0.29) is 0 Å². The Bertz CT molecular complexity index is 540. The highest BCUT2D eigenvalue weighted by molar-refractivity contribution is 9.13. The van der Waals surface area contributed by atoms with Crippen LogP contribution in [0.4, 0.5) is 0 Å². The molecule has 0 aliphatic rings. The quantitative estimate of drug-likeness (QED) is 0.795. The number of aromatic nitrogens is 1. The summed E-state index contributed by atoms with van der Waals surface area (Å²) in [5, 5.41) is 4.46. The first-order valence-electron chi connectivity index (χ1n) is 5.76. The topological polar surface area (TPSA) is 24.9 Å². The zero-order valence-electron chi connectivity index (χ0n) is 10.2. The largest absolute Gasteiger partial charge is 0.310 e. The average Bonchev–Trinajstić information content (AvgIpc) is 2.82. The van der Waals surface area contributed by atoms with Crippen molar-refractivity contribution in [1.82, 2.24) is 10.3 Å². The smallest absolute Gasteiger partial charge is 0.123 e. The van der Waals surface area contributed by atoms with Gasteiger partial charge in [-0.25, -0.2) is 4.98 Å². The first kappa shape index (κ1) is 14.2. The third-order valence-electron chi connectivity index (χ3n) is 2.63. The summed E-state index contributed by atoms with van der Waals surface area (Å²) in [5.41, 5.74) is 1.14. The summed E-state index contributed by atoms with van der Waals surface area (Å²) >= 11 is 8.74. The van der Waals surface area contributed by atoms with Crippen LogP contribution in [-0.2, 0) is 0 Å². The van der Waals surface area contributed by atoms with Crippen molar-refractivity contribution < 1.29 is 0 Å². The predicted molar refractivity (Wildman–Crippen MR) is 85.0 cm³/mol. The number of halogens is 2. The van der Waals surface area contributed by atoms with Crippen molar-refractivity contribution in [2.75, 3.05) is 6.54 Å². The van der Waals surface area contributed by atoms with Crippen LogP contribution < -0.4 is 5.32 Å². The molecule has 96 valence electrons. The van der Waals surface area contributed by atoms with E-state index >= 15 is 0 Å². The van der Waals surface area contributed by atoms with Crippen molar-refractivity contribution in [2.24, 2.45) is 0 Å². The van der Waals surface area contributed by atoms with Gasteiger partial charge in [-0.2, -0.15) is 0 Å². The van der Waals surface area contributed by atoms with Crippen LogP contribution in [0.15, 0.2) is 33.3 Å². The van der Waals surface area contributed by atoms with E-state index in [1.165, 1.54) is 4.88 Å². The lowest BCUT2D eigenvalue weighted by Gasteiger charge is -2.08. The molecule has 2 rings (SSSR count). The number of hydrogen-bond donors (Lipinski definition) is 1. The minimum Gasteiger partial charge on any atom is -0.310 e. The van der Waals surface area contributed by atoms with Crippen molar-refractivity contribution in [3.63, 3.8) is 0 Å². The number of thiazole rings is 1. The van der Waals surface area contributed by atoms with Crippen LogP contribution in [0, 0.1) is 0 Å². The van der Waals surface area contributed by atoms with Gasteiger partial charge in [-0.1, -0.05) is 13.0 Å². The van der Waals surface area contributed by atoms with Crippen LogP contribution >= 0.6 is 43.2 Å². The molecule has 0 fully saturated rings. The van der Waals surface area contributed by atoms with Crippen molar-refractivity contribution >= 4 is 43.2 Å². The van der Waals surface area contributed by atoms with E-state index in [2.05, 4.69) is 68.1 Å². The second kappa shape index (κ2) is 6.28. The van der Waals surface area contributed by atoms with Crippen molar-refractivity contribution in [3.05, 3.63) is 38.2 Å². The zero-order chi connectivity index (χ0) is 13.1. The lowest BCUT2D eigenvalue weighted by molar-refractivity contribution is 0.606. The van der Waals surface area contributed by atoms with Gasteiger partial charge in [0.2, 0.25) is 0 Å². The van der Waals surface area contributed by atoms with Gasteiger partial charge in [-0.3, -0.25) is 0 Å². The Morgan fingerprint density at radius 3 is 2.78 bits per heavy atom. The maximum atomic E-state index is 4.50. The molecule has 0 aliphatic carbocycles. The molecule has 1 unspecified atom stereocenters.